The van der Waals surface area contributed by atoms with Gasteiger partial charge in [0.1, 0.15) is 5.75 Å². The van der Waals surface area contributed by atoms with Crippen molar-refractivity contribution in [1.82, 2.24) is 14.6 Å². The fourth-order valence-electron chi connectivity index (χ4n) is 3.71. The molecule has 0 bridgehead atoms. The molecule has 3 aromatic rings. The predicted octanol–water partition coefficient (Wildman–Crippen LogP) is 3.40. The van der Waals surface area contributed by atoms with E-state index in [-0.39, 0.29) is 17.9 Å². The highest BCUT2D eigenvalue weighted by atomic mass is 16.5. The van der Waals surface area contributed by atoms with Gasteiger partial charge >= 0.3 is 0 Å². The summed E-state index contributed by atoms with van der Waals surface area (Å²) < 4.78 is 6.98. The molecular formula is C24H30N8O. The number of hydrogen-bond acceptors (Lipinski definition) is 6. The van der Waals surface area contributed by atoms with Gasteiger partial charge < -0.3 is 16.2 Å². The molecule has 1 aromatic carbocycles. The SMILES string of the molecule is COc1ccc(CN=C(N)N=CC(C)c2cnc3ccc(N=C4CCC(N)CC4)nn23)cc1. The molecule has 9 heteroatoms. The number of rotatable bonds is 6. The summed E-state index contributed by atoms with van der Waals surface area (Å²) in [5.41, 5.74) is 15.8. The second kappa shape index (κ2) is 10.4. The summed E-state index contributed by atoms with van der Waals surface area (Å²) in [6.45, 7) is 2.47. The topological polar surface area (TPSA) is 129 Å². The van der Waals surface area contributed by atoms with Crippen LogP contribution in [0.4, 0.5) is 5.82 Å². The van der Waals surface area contributed by atoms with E-state index in [4.69, 9.17) is 21.2 Å². The number of nitrogens with zero attached hydrogens (tertiary/aromatic N) is 6. The molecule has 4 rings (SSSR count). The van der Waals surface area contributed by atoms with Crippen LogP contribution < -0.4 is 16.2 Å². The first-order chi connectivity index (χ1) is 16.0. The van der Waals surface area contributed by atoms with Crippen LogP contribution in [0.25, 0.3) is 5.65 Å². The standard InChI is InChI=1S/C24H30N8O/c1-16(13-28-24(26)29-14-17-3-9-20(33-2)10-4-17)21-15-27-23-12-11-22(31-32(21)23)30-19-7-5-18(25)6-8-19/h3-4,9-13,15-16,18H,5-8,14,25H2,1-2H3,(H2,26,29). The predicted molar refractivity (Wildman–Crippen MR) is 132 cm³/mol. The number of fused-ring (bicyclic) bond motifs is 1. The molecule has 0 radical (unpaired) electrons. The average molecular weight is 447 g/mol. The second-order valence-corrected chi connectivity index (χ2v) is 8.25. The monoisotopic (exact) mass is 446 g/mol. The maximum Gasteiger partial charge on any atom is 0.215 e. The smallest absolute Gasteiger partial charge is 0.215 e. The normalized spacial score (nSPS) is 18.1. The lowest BCUT2D eigenvalue weighted by atomic mass is 9.94. The lowest BCUT2D eigenvalue weighted by Gasteiger charge is -2.18. The van der Waals surface area contributed by atoms with Gasteiger partial charge in [0.15, 0.2) is 11.5 Å². The van der Waals surface area contributed by atoms with Crippen molar-refractivity contribution in [2.45, 2.75) is 51.1 Å². The van der Waals surface area contributed by atoms with E-state index in [9.17, 15) is 0 Å². The minimum Gasteiger partial charge on any atom is -0.497 e. The van der Waals surface area contributed by atoms with Crippen LogP contribution in [0.1, 0.15) is 49.8 Å². The van der Waals surface area contributed by atoms with E-state index >= 15 is 0 Å². The Morgan fingerprint density at radius 1 is 1.21 bits per heavy atom. The quantitative estimate of drug-likeness (QED) is 0.443. The molecule has 1 unspecified atom stereocenters. The van der Waals surface area contributed by atoms with Crippen molar-refractivity contribution in [3.63, 3.8) is 0 Å². The van der Waals surface area contributed by atoms with Crippen LogP contribution in [-0.4, -0.2) is 45.6 Å². The van der Waals surface area contributed by atoms with Crippen LogP contribution in [0.15, 0.2) is 57.6 Å². The van der Waals surface area contributed by atoms with Gasteiger partial charge in [-0.1, -0.05) is 19.1 Å². The van der Waals surface area contributed by atoms with Crippen LogP contribution in [0.5, 0.6) is 5.75 Å². The molecule has 1 atom stereocenters. The molecule has 2 aromatic heterocycles. The summed E-state index contributed by atoms with van der Waals surface area (Å²) in [4.78, 5) is 17.9. The van der Waals surface area contributed by atoms with E-state index in [1.807, 2.05) is 47.8 Å². The van der Waals surface area contributed by atoms with Crippen molar-refractivity contribution in [1.29, 1.82) is 0 Å². The molecule has 0 saturated heterocycles. The second-order valence-electron chi connectivity index (χ2n) is 8.25. The number of nitrogens with two attached hydrogens (primary N) is 2. The fraction of sp³-hybridized carbons (Fsp3) is 0.375. The summed E-state index contributed by atoms with van der Waals surface area (Å²) in [5.74, 6) is 1.65. The molecule has 9 nitrogen and oxygen atoms in total. The van der Waals surface area contributed by atoms with Gasteiger partial charge in [-0.05, 0) is 55.5 Å². The van der Waals surface area contributed by atoms with E-state index in [1.54, 1.807) is 19.5 Å². The molecule has 1 saturated carbocycles. The highest BCUT2D eigenvalue weighted by Crippen LogP contribution is 2.21. The van der Waals surface area contributed by atoms with Gasteiger partial charge in [0.25, 0.3) is 0 Å². The first kappa shape index (κ1) is 22.6. The van der Waals surface area contributed by atoms with Crippen molar-refractivity contribution >= 4 is 29.4 Å². The minimum absolute atomic E-state index is 0.0576. The zero-order chi connectivity index (χ0) is 23.2. The van der Waals surface area contributed by atoms with Gasteiger partial charge in [0, 0.05) is 23.9 Å². The highest BCUT2D eigenvalue weighted by Gasteiger charge is 2.15. The molecule has 1 aliphatic rings. The van der Waals surface area contributed by atoms with Gasteiger partial charge in [0.05, 0.1) is 25.5 Å². The Balaban J connectivity index is 1.45. The molecule has 0 aliphatic heterocycles. The summed E-state index contributed by atoms with van der Waals surface area (Å²) in [6, 6.07) is 11.8. The summed E-state index contributed by atoms with van der Waals surface area (Å²) in [7, 11) is 1.64. The number of imidazole rings is 1. The number of methoxy groups -OCH3 is 1. The summed E-state index contributed by atoms with van der Waals surface area (Å²) in [6.07, 6.45) is 7.38. The first-order valence-corrected chi connectivity index (χ1v) is 11.2. The van der Waals surface area contributed by atoms with Gasteiger partial charge in [0.2, 0.25) is 5.96 Å². The van der Waals surface area contributed by atoms with Crippen molar-refractivity contribution in [3.05, 3.63) is 53.9 Å². The third kappa shape index (κ3) is 5.81. The van der Waals surface area contributed by atoms with Crippen LogP contribution >= 0.6 is 0 Å². The number of guanidine groups is 1. The van der Waals surface area contributed by atoms with E-state index in [0.29, 0.717) is 12.4 Å². The van der Waals surface area contributed by atoms with Crippen LogP contribution in [0.3, 0.4) is 0 Å². The highest BCUT2D eigenvalue weighted by molar-refractivity contribution is 5.88. The third-order valence-electron chi connectivity index (χ3n) is 5.73. The maximum atomic E-state index is 6.00. The Kier molecular flexibility index (Phi) is 7.09. The number of hydrogen-bond donors (Lipinski definition) is 2. The number of benzene rings is 1. The molecular weight excluding hydrogens is 416 g/mol. The van der Waals surface area contributed by atoms with Gasteiger partial charge in [-0.25, -0.2) is 24.5 Å². The Morgan fingerprint density at radius 2 is 1.97 bits per heavy atom. The van der Waals surface area contributed by atoms with Crippen LogP contribution in [-0.2, 0) is 6.54 Å². The largest absolute Gasteiger partial charge is 0.497 e. The molecule has 0 amide bonds. The number of ether oxygens (including phenoxy) is 1. The van der Waals surface area contributed by atoms with Crippen LogP contribution in [0, 0.1) is 0 Å². The lowest BCUT2D eigenvalue weighted by Crippen LogP contribution is -2.26. The van der Waals surface area contributed by atoms with Crippen LogP contribution in [0.2, 0.25) is 0 Å². The van der Waals surface area contributed by atoms with Crippen molar-refractivity contribution in [2.24, 2.45) is 26.4 Å². The molecule has 172 valence electrons. The average Bonchev–Trinajstić information content (AvgIpc) is 3.26. The van der Waals surface area contributed by atoms with Crippen molar-refractivity contribution in [2.75, 3.05) is 7.11 Å². The number of aromatic nitrogens is 3. The zero-order valence-electron chi connectivity index (χ0n) is 19.1. The Bertz CT molecular complexity index is 1170. The molecule has 1 fully saturated rings. The molecule has 2 heterocycles. The van der Waals surface area contributed by atoms with E-state index in [0.717, 1.165) is 54.0 Å². The van der Waals surface area contributed by atoms with Crippen molar-refractivity contribution < 1.29 is 4.74 Å². The molecule has 33 heavy (non-hydrogen) atoms. The Hall–Kier alpha value is -3.59. The van der Waals surface area contributed by atoms with Crippen molar-refractivity contribution in [3.8, 4) is 5.75 Å². The zero-order valence-corrected chi connectivity index (χ0v) is 19.1. The molecule has 0 spiro atoms. The minimum atomic E-state index is -0.0576. The van der Waals surface area contributed by atoms with E-state index in [1.165, 1.54) is 0 Å². The van der Waals surface area contributed by atoms with E-state index in [2.05, 4.69) is 20.1 Å². The van der Waals surface area contributed by atoms with Gasteiger partial charge in [-0.15, -0.1) is 5.10 Å². The molecule has 4 N–H and O–H groups in total. The third-order valence-corrected chi connectivity index (χ3v) is 5.73. The summed E-state index contributed by atoms with van der Waals surface area (Å²) in [5, 5.41) is 4.69. The molecule has 1 aliphatic carbocycles. The number of aliphatic imine (C=N–C) groups is 3. The van der Waals surface area contributed by atoms with Gasteiger partial charge in [-0.2, -0.15) is 0 Å². The lowest BCUT2D eigenvalue weighted by molar-refractivity contribution is 0.414. The maximum absolute atomic E-state index is 6.00. The first-order valence-electron chi connectivity index (χ1n) is 11.2. The fourth-order valence-corrected chi connectivity index (χ4v) is 3.71. The van der Waals surface area contributed by atoms with Gasteiger partial charge in [-0.3, -0.25) is 0 Å². The Labute approximate surface area is 193 Å². The van der Waals surface area contributed by atoms with E-state index < -0.39 is 0 Å². The Morgan fingerprint density at radius 3 is 2.70 bits per heavy atom. The summed E-state index contributed by atoms with van der Waals surface area (Å²) >= 11 is 0.